The third-order valence-corrected chi connectivity index (χ3v) is 2.94. The molecule has 6 nitrogen and oxygen atoms in total. The smallest absolute Gasteiger partial charge is 0.00772 e. The van der Waals surface area contributed by atoms with E-state index in [1.807, 2.05) is 0 Å². The van der Waals surface area contributed by atoms with Crippen LogP contribution in [0.2, 0.25) is 0 Å². The van der Waals surface area contributed by atoms with Crippen molar-refractivity contribution in [1.82, 2.24) is 10.6 Å². The van der Waals surface area contributed by atoms with Gasteiger partial charge in [-0.3, -0.25) is 0 Å². The quantitative estimate of drug-likeness (QED) is 0.303. The van der Waals surface area contributed by atoms with Crippen LogP contribution in [0.15, 0.2) is 0 Å². The minimum atomic E-state index is 0.440. The second-order valence-electron chi connectivity index (χ2n) is 4.75. The maximum absolute atomic E-state index is 5.64. The molecular formula is C12H32N6. The zero-order valence-corrected chi connectivity index (χ0v) is 11.5. The Morgan fingerprint density at radius 3 is 1.28 bits per heavy atom. The van der Waals surface area contributed by atoms with E-state index in [9.17, 15) is 0 Å². The molecule has 0 saturated heterocycles. The molecule has 0 aromatic rings. The molecule has 0 unspecified atom stereocenters. The summed E-state index contributed by atoms with van der Waals surface area (Å²) in [6.45, 7) is 5.14. The first-order chi connectivity index (χ1) is 8.70. The molecule has 10 N–H and O–H groups in total. The first kappa shape index (κ1) is 17.8. The molecule has 0 aliphatic heterocycles. The van der Waals surface area contributed by atoms with Gasteiger partial charge in [-0.05, 0) is 25.7 Å². The van der Waals surface area contributed by atoms with Gasteiger partial charge in [-0.25, -0.2) is 0 Å². The zero-order chi connectivity index (χ0) is 13.6. The third-order valence-electron chi connectivity index (χ3n) is 2.94. The van der Waals surface area contributed by atoms with Gasteiger partial charge < -0.3 is 33.6 Å². The SMILES string of the molecule is NC1CCC(N)CC1.NCCNCCNCCN. The lowest BCUT2D eigenvalue weighted by Gasteiger charge is -2.22. The highest BCUT2D eigenvalue weighted by Gasteiger charge is 2.13. The molecule has 1 aliphatic rings. The summed E-state index contributed by atoms with van der Waals surface area (Å²) in [5.41, 5.74) is 21.8. The molecule has 0 bridgehead atoms. The molecule has 0 amide bonds. The zero-order valence-electron chi connectivity index (χ0n) is 11.5. The Balaban J connectivity index is 0.000000327. The Labute approximate surface area is 111 Å². The number of nitrogens with one attached hydrogen (secondary N) is 2. The molecule has 1 fully saturated rings. The highest BCUT2D eigenvalue weighted by Crippen LogP contribution is 2.14. The fraction of sp³-hybridized carbons (Fsp3) is 1.00. The van der Waals surface area contributed by atoms with Crippen LogP contribution in [0, 0.1) is 0 Å². The van der Waals surface area contributed by atoms with E-state index in [4.69, 9.17) is 22.9 Å². The minimum absolute atomic E-state index is 0.440. The Morgan fingerprint density at radius 1 is 0.667 bits per heavy atom. The lowest BCUT2D eigenvalue weighted by atomic mass is 9.93. The molecule has 0 aromatic heterocycles. The average molecular weight is 260 g/mol. The van der Waals surface area contributed by atoms with Crippen LogP contribution in [-0.4, -0.2) is 51.4 Å². The highest BCUT2D eigenvalue weighted by atomic mass is 14.9. The molecule has 1 rings (SSSR count). The van der Waals surface area contributed by atoms with Crippen molar-refractivity contribution >= 4 is 0 Å². The van der Waals surface area contributed by atoms with Crippen molar-refractivity contribution in [3.05, 3.63) is 0 Å². The van der Waals surface area contributed by atoms with E-state index in [0.717, 1.165) is 51.9 Å². The normalized spacial score (nSPS) is 23.3. The van der Waals surface area contributed by atoms with Gasteiger partial charge in [-0.15, -0.1) is 0 Å². The van der Waals surface area contributed by atoms with Gasteiger partial charge in [-0.1, -0.05) is 0 Å². The highest BCUT2D eigenvalue weighted by molar-refractivity contribution is 4.75. The summed E-state index contributed by atoms with van der Waals surface area (Å²) in [6.07, 6.45) is 4.50. The minimum Gasteiger partial charge on any atom is -0.329 e. The first-order valence-electron chi connectivity index (χ1n) is 7.03. The van der Waals surface area contributed by atoms with E-state index < -0.39 is 0 Å². The van der Waals surface area contributed by atoms with Crippen molar-refractivity contribution in [2.45, 2.75) is 37.8 Å². The molecule has 0 heterocycles. The van der Waals surface area contributed by atoms with E-state index in [1.165, 1.54) is 0 Å². The summed E-state index contributed by atoms with van der Waals surface area (Å²) in [5, 5.41) is 6.33. The van der Waals surface area contributed by atoms with Crippen LogP contribution < -0.4 is 33.6 Å². The lowest BCUT2D eigenvalue weighted by molar-refractivity contribution is 0.395. The van der Waals surface area contributed by atoms with Crippen LogP contribution in [0.3, 0.4) is 0 Å². The third kappa shape index (κ3) is 12.2. The van der Waals surface area contributed by atoms with Crippen molar-refractivity contribution in [1.29, 1.82) is 0 Å². The molecular weight excluding hydrogens is 228 g/mol. The van der Waals surface area contributed by atoms with E-state index in [-0.39, 0.29) is 0 Å². The standard InChI is InChI=1S/C6H18N4.C6H14N2/c7-1-3-9-5-6-10-4-2-8;7-5-1-2-6(8)4-3-5/h9-10H,1-8H2;5-6H,1-4,7-8H2. The fourth-order valence-electron chi connectivity index (χ4n) is 1.78. The van der Waals surface area contributed by atoms with Gasteiger partial charge in [0.15, 0.2) is 0 Å². The maximum Gasteiger partial charge on any atom is 0.00772 e. The maximum atomic E-state index is 5.64. The Kier molecular flexibility index (Phi) is 13.0. The predicted octanol–water partition coefficient (Wildman–Crippen LogP) is -1.70. The van der Waals surface area contributed by atoms with E-state index in [0.29, 0.717) is 25.2 Å². The number of hydrogen-bond donors (Lipinski definition) is 6. The van der Waals surface area contributed by atoms with Crippen molar-refractivity contribution in [2.75, 3.05) is 39.3 Å². The van der Waals surface area contributed by atoms with Gasteiger partial charge in [0.05, 0.1) is 0 Å². The Bertz CT molecular complexity index is 141. The second kappa shape index (κ2) is 13.2. The van der Waals surface area contributed by atoms with Crippen LogP contribution in [0.5, 0.6) is 0 Å². The van der Waals surface area contributed by atoms with Gasteiger partial charge in [0, 0.05) is 51.4 Å². The largest absolute Gasteiger partial charge is 0.329 e. The van der Waals surface area contributed by atoms with Gasteiger partial charge in [-0.2, -0.15) is 0 Å². The van der Waals surface area contributed by atoms with Crippen LogP contribution in [0.25, 0.3) is 0 Å². The summed E-state index contributed by atoms with van der Waals surface area (Å²) in [4.78, 5) is 0. The van der Waals surface area contributed by atoms with Crippen LogP contribution >= 0.6 is 0 Å². The summed E-state index contributed by atoms with van der Waals surface area (Å²) in [6, 6.07) is 0.879. The van der Waals surface area contributed by atoms with Gasteiger partial charge in [0.2, 0.25) is 0 Å². The average Bonchev–Trinajstić information content (AvgIpc) is 2.38. The van der Waals surface area contributed by atoms with Crippen molar-refractivity contribution in [3.8, 4) is 0 Å². The topological polar surface area (TPSA) is 128 Å². The number of hydrogen-bond acceptors (Lipinski definition) is 6. The lowest BCUT2D eigenvalue weighted by Crippen LogP contribution is -2.33. The van der Waals surface area contributed by atoms with Gasteiger partial charge >= 0.3 is 0 Å². The number of rotatable bonds is 7. The van der Waals surface area contributed by atoms with Crippen LogP contribution in [0.1, 0.15) is 25.7 Å². The molecule has 1 aliphatic carbocycles. The number of nitrogens with two attached hydrogens (primary N) is 4. The van der Waals surface area contributed by atoms with Crippen molar-refractivity contribution in [3.63, 3.8) is 0 Å². The Morgan fingerprint density at radius 2 is 1.00 bits per heavy atom. The summed E-state index contributed by atoms with van der Waals surface area (Å²) < 4.78 is 0. The predicted molar refractivity (Wildman–Crippen MR) is 78.3 cm³/mol. The molecule has 0 atom stereocenters. The molecule has 6 heteroatoms. The molecule has 0 radical (unpaired) electrons. The summed E-state index contributed by atoms with van der Waals surface area (Å²) >= 11 is 0. The first-order valence-corrected chi connectivity index (χ1v) is 7.03. The second-order valence-corrected chi connectivity index (χ2v) is 4.75. The van der Waals surface area contributed by atoms with Crippen LogP contribution in [0.4, 0.5) is 0 Å². The van der Waals surface area contributed by atoms with Gasteiger partial charge in [0.1, 0.15) is 0 Å². The molecule has 18 heavy (non-hydrogen) atoms. The molecule has 1 saturated carbocycles. The van der Waals surface area contributed by atoms with Crippen LogP contribution in [-0.2, 0) is 0 Å². The Hall–Kier alpha value is -0.240. The van der Waals surface area contributed by atoms with E-state index >= 15 is 0 Å². The summed E-state index contributed by atoms with van der Waals surface area (Å²) in [7, 11) is 0. The summed E-state index contributed by atoms with van der Waals surface area (Å²) in [5.74, 6) is 0. The molecule has 110 valence electrons. The molecule has 0 spiro atoms. The van der Waals surface area contributed by atoms with Crippen molar-refractivity contribution < 1.29 is 0 Å². The van der Waals surface area contributed by atoms with E-state index in [1.54, 1.807) is 0 Å². The van der Waals surface area contributed by atoms with E-state index in [2.05, 4.69) is 10.6 Å². The fourth-order valence-corrected chi connectivity index (χ4v) is 1.78. The molecule has 0 aromatic carbocycles. The van der Waals surface area contributed by atoms with Crippen molar-refractivity contribution in [2.24, 2.45) is 22.9 Å². The monoisotopic (exact) mass is 260 g/mol. The van der Waals surface area contributed by atoms with Gasteiger partial charge in [0.25, 0.3) is 0 Å².